The largest absolute Gasteiger partial charge is 0.493 e. The number of rotatable bonds is 10. The molecule has 4 heteroatoms. The van der Waals surface area contributed by atoms with Gasteiger partial charge in [-0.3, -0.25) is 0 Å². The first kappa shape index (κ1) is 24.5. The van der Waals surface area contributed by atoms with E-state index in [0.29, 0.717) is 5.92 Å². The van der Waals surface area contributed by atoms with Crippen LogP contribution in [0.25, 0.3) is 0 Å². The number of nitrogens with one attached hydrogen (secondary N) is 2. The van der Waals surface area contributed by atoms with Gasteiger partial charge in [0.1, 0.15) is 0 Å². The summed E-state index contributed by atoms with van der Waals surface area (Å²) >= 11 is 0. The van der Waals surface area contributed by atoms with Crippen LogP contribution in [0.1, 0.15) is 38.9 Å². The molecule has 0 heterocycles. The van der Waals surface area contributed by atoms with E-state index in [4.69, 9.17) is 9.47 Å². The van der Waals surface area contributed by atoms with Crippen LogP contribution in [-0.2, 0) is 12.8 Å². The minimum Gasteiger partial charge on any atom is -0.493 e. The monoisotopic (exact) mass is 446 g/mol. The van der Waals surface area contributed by atoms with Crippen molar-refractivity contribution in [1.82, 2.24) is 10.6 Å². The van der Waals surface area contributed by atoms with Crippen LogP contribution < -0.4 is 20.1 Å². The summed E-state index contributed by atoms with van der Waals surface area (Å²) in [5, 5.41) is 6.78. The molecule has 176 valence electrons. The fraction of sp³-hybridized carbons (Fsp3) is 0.379. The molecule has 0 saturated heterocycles. The van der Waals surface area contributed by atoms with Crippen molar-refractivity contribution < 1.29 is 9.47 Å². The maximum Gasteiger partial charge on any atom is 0.160 e. The second kappa shape index (κ2) is 10.7. The minimum atomic E-state index is 0.394. The first-order valence-electron chi connectivity index (χ1n) is 11.6. The molecule has 33 heavy (non-hydrogen) atoms. The van der Waals surface area contributed by atoms with Crippen molar-refractivity contribution >= 4 is 0 Å². The molecular formula is C29H38N2O2. The predicted octanol–water partition coefficient (Wildman–Crippen LogP) is 5.75. The van der Waals surface area contributed by atoms with Crippen molar-refractivity contribution in [3.63, 3.8) is 0 Å². The van der Waals surface area contributed by atoms with Crippen LogP contribution in [0, 0.1) is 40.5 Å². The van der Waals surface area contributed by atoms with E-state index >= 15 is 0 Å². The molecule has 0 fully saturated rings. The zero-order valence-corrected chi connectivity index (χ0v) is 21.2. The first-order valence-corrected chi connectivity index (χ1v) is 11.6. The first-order chi connectivity index (χ1) is 15.7. The molecule has 0 aliphatic heterocycles. The van der Waals surface area contributed by atoms with E-state index < -0.39 is 0 Å². The Bertz CT molecular complexity index is 1070. The Hall–Kier alpha value is -3.14. The summed E-state index contributed by atoms with van der Waals surface area (Å²) in [7, 11) is 3.31. The Kier molecular flexibility index (Phi) is 7.91. The Labute approximate surface area is 199 Å². The van der Waals surface area contributed by atoms with Crippen molar-refractivity contribution in [2.45, 2.75) is 47.5 Å². The third-order valence-electron chi connectivity index (χ3n) is 7.01. The summed E-state index contributed by atoms with van der Waals surface area (Å²) in [6.07, 6.45) is 8.63. The Morgan fingerprint density at radius 3 is 2.18 bits per heavy atom. The summed E-state index contributed by atoms with van der Waals surface area (Å²) in [6, 6.07) is 6.02. The number of methoxy groups -OCH3 is 2. The van der Waals surface area contributed by atoms with Crippen LogP contribution in [0.4, 0.5) is 0 Å². The van der Waals surface area contributed by atoms with Crippen LogP contribution in [0.15, 0.2) is 54.5 Å². The van der Waals surface area contributed by atoms with Crippen molar-refractivity contribution in [1.29, 1.82) is 0 Å². The van der Waals surface area contributed by atoms with Gasteiger partial charge in [-0.25, -0.2) is 0 Å². The molecule has 1 atom stereocenters. The maximum atomic E-state index is 5.39. The fourth-order valence-electron chi connectivity index (χ4n) is 4.51. The molecule has 1 unspecified atom stereocenters. The molecule has 3 rings (SSSR count). The zero-order chi connectivity index (χ0) is 24.1. The SMILES string of the molecule is C=C(NCCc1ccc(OC)c(OC)c1)NC1=CC(Cc2c(C)c(C)c(C)c(C)c2C)C=C1. The van der Waals surface area contributed by atoms with Crippen LogP contribution in [0.5, 0.6) is 11.5 Å². The quantitative estimate of drug-likeness (QED) is 0.488. The summed E-state index contributed by atoms with van der Waals surface area (Å²) < 4.78 is 10.7. The average molecular weight is 447 g/mol. The van der Waals surface area contributed by atoms with Gasteiger partial charge in [-0.15, -0.1) is 0 Å². The van der Waals surface area contributed by atoms with E-state index in [9.17, 15) is 0 Å². The molecule has 0 radical (unpaired) electrons. The highest BCUT2D eigenvalue weighted by Crippen LogP contribution is 2.30. The molecule has 4 nitrogen and oxygen atoms in total. The Morgan fingerprint density at radius 2 is 1.55 bits per heavy atom. The predicted molar refractivity (Wildman–Crippen MR) is 138 cm³/mol. The third kappa shape index (κ3) is 5.62. The highest BCUT2D eigenvalue weighted by Gasteiger charge is 2.17. The summed E-state index contributed by atoms with van der Waals surface area (Å²) in [5.74, 6) is 2.70. The van der Waals surface area contributed by atoms with E-state index in [1.807, 2.05) is 12.1 Å². The van der Waals surface area contributed by atoms with Gasteiger partial charge in [0.2, 0.25) is 0 Å². The van der Waals surface area contributed by atoms with Crippen molar-refractivity contribution in [3.05, 3.63) is 93.5 Å². The van der Waals surface area contributed by atoms with Crippen LogP contribution >= 0.6 is 0 Å². The molecule has 0 saturated carbocycles. The molecule has 2 aromatic rings. The van der Waals surface area contributed by atoms with Gasteiger partial charge in [-0.1, -0.05) is 24.8 Å². The van der Waals surface area contributed by atoms with Gasteiger partial charge in [-0.2, -0.15) is 0 Å². The lowest BCUT2D eigenvalue weighted by Gasteiger charge is -2.20. The van der Waals surface area contributed by atoms with Gasteiger partial charge < -0.3 is 20.1 Å². The van der Waals surface area contributed by atoms with Gasteiger partial charge in [0, 0.05) is 18.2 Å². The lowest BCUT2D eigenvalue weighted by Crippen LogP contribution is -2.26. The molecule has 2 aromatic carbocycles. The van der Waals surface area contributed by atoms with Crippen LogP contribution in [0.3, 0.4) is 0 Å². The highest BCUT2D eigenvalue weighted by molar-refractivity contribution is 5.50. The summed E-state index contributed by atoms with van der Waals surface area (Å²) in [5.41, 5.74) is 10.9. The molecule has 2 N–H and O–H groups in total. The summed E-state index contributed by atoms with van der Waals surface area (Å²) in [4.78, 5) is 0. The van der Waals surface area contributed by atoms with Crippen molar-refractivity contribution in [2.24, 2.45) is 5.92 Å². The molecule has 0 bridgehead atoms. The van der Waals surface area contributed by atoms with E-state index in [0.717, 1.165) is 42.4 Å². The van der Waals surface area contributed by atoms with Gasteiger partial charge in [-0.05, 0) is 105 Å². The molecular weight excluding hydrogens is 408 g/mol. The molecule has 0 amide bonds. The average Bonchev–Trinajstić information content (AvgIpc) is 3.25. The topological polar surface area (TPSA) is 42.5 Å². The highest BCUT2D eigenvalue weighted by atomic mass is 16.5. The minimum absolute atomic E-state index is 0.394. The number of allylic oxidation sites excluding steroid dienone is 3. The fourth-order valence-corrected chi connectivity index (χ4v) is 4.51. The van der Waals surface area contributed by atoms with Gasteiger partial charge in [0.15, 0.2) is 11.5 Å². The van der Waals surface area contributed by atoms with E-state index in [1.165, 1.54) is 38.9 Å². The second-order valence-corrected chi connectivity index (χ2v) is 8.92. The Morgan fingerprint density at radius 1 is 0.909 bits per heavy atom. The molecule has 0 aromatic heterocycles. The Balaban J connectivity index is 1.54. The molecule has 0 spiro atoms. The zero-order valence-electron chi connectivity index (χ0n) is 21.2. The smallest absolute Gasteiger partial charge is 0.160 e. The van der Waals surface area contributed by atoms with E-state index in [-0.39, 0.29) is 0 Å². The number of hydrogen-bond acceptors (Lipinski definition) is 4. The van der Waals surface area contributed by atoms with Crippen molar-refractivity contribution in [2.75, 3.05) is 20.8 Å². The normalized spacial score (nSPS) is 14.8. The van der Waals surface area contributed by atoms with Gasteiger partial charge in [0.05, 0.1) is 20.0 Å². The van der Waals surface area contributed by atoms with Crippen LogP contribution in [0.2, 0.25) is 0 Å². The number of ether oxygens (including phenoxy) is 2. The second-order valence-electron chi connectivity index (χ2n) is 8.92. The van der Waals surface area contributed by atoms with Gasteiger partial charge in [0.25, 0.3) is 0 Å². The van der Waals surface area contributed by atoms with E-state index in [2.05, 4.69) is 76.1 Å². The molecule has 1 aliphatic rings. The molecule has 1 aliphatic carbocycles. The van der Waals surface area contributed by atoms with Crippen molar-refractivity contribution in [3.8, 4) is 11.5 Å². The lowest BCUT2D eigenvalue weighted by molar-refractivity contribution is 0.354. The maximum absolute atomic E-state index is 5.39. The standard InChI is InChI=1S/C29H38N2O2/c1-18-19(2)21(4)27(22(5)20(18)3)16-25-9-11-26(15-25)31-23(6)30-14-13-24-10-12-28(32-7)29(17-24)33-8/h9-12,15,17,25,30-31H,6,13-14,16H2,1-5,7-8H3. The van der Waals surface area contributed by atoms with E-state index in [1.54, 1.807) is 14.2 Å². The van der Waals surface area contributed by atoms with Gasteiger partial charge >= 0.3 is 0 Å². The lowest BCUT2D eigenvalue weighted by atomic mass is 9.85. The number of hydrogen-bond donors (Lipinski definition) is 2. The number of benzene rings is 2. The summed E-state index contributed by atoms with van der Waals surface area (Å²) in [6.45, 7) is 16.2. The van der Waals surface area contributed by atoms with Crippen LogP contribution in [-0.4, -0.2) is 20.8 Å². The third-order valence-corrected chi connectivity index (χ3v) is 7.01.